The lowest BCUT2D eigenvalue weighted by molar-refractivity contribution is -0.128. The van der Waals surface area contributed by atoms with Gasteiger partial charge in [0.1, 0.15) is 0 Å². The van der Waals surface area contributed by atoms with Crippen molar-refractivity contribution in [1.29, 1.82) is 0 Å². The van der Waals surface area contributed by atoms with Crippen LogP contribution in [0.2, 0.25) is 0 Å². The second kappa shape index (κ2) is 11.1. The van der Waals surface area contributed by atoms with E-state index in [9.17, 15) is 4.79 Å². The monoisotopic (exact) mass is 442 g/mol. The number of nitrogens with one attached hydrogen (secondary N) is 3. The largest absolute Gasteiger partial charge is 0.379 e. The van der Waals surface area contributed by atoms with Crippen molar-refractivity contribution in [3.05, 3.63) is 0 Å². The fourth-order valence-corrected chi connectivity index (χ4v) is 1.96. The number of ether oxygens (including phenoxy) is 1. The molecule has 1 amide bonds. The smallest absolute Gasteiger partial charge is 0.227 e. The number of guanidine groups is 1. The maximum Gasteiger partial charge on any atom is 0.227 e. The Morgan fingerprint density at radius 1 is 1.17 bits per heavy atom. The van der Waals surface area contributed by atoms with E-state index in [-0.39, 0.29) is 41.4 Å². The number of hydrogen-bond acceptors (Lipinski definition) is 3. The van der Waals surface area contributed by atoms with Crippen molar-refractivity contribution in [2.75, 3.05) is 33.8 Å². The number of hydrogen-bond donors (Lipinski definition) is 3. The van der Waals surface area contributed by atoms with Crippen LogP contribution < -0.4 is 16.0 Å². The molecule has 0 aromatic carbocycles. The van der Waals surface area contributed by atoms with Crippen molar-refractivity contribution in [1.82, 2.24) is 16.0 Å². The maximum absolute atomic E-state index is 11.8. The molecule has 7 heteroatoms. The van der Waals surface area contributed by atoms with Gasteiger partial charge in [0, 0.05) is 27.2 Å². The van der Waals surface area contributed by atoms with E-state index in [0.29, 0.717) is 19.0 Å². The molecule has 0 bridgehead atoms. The van der Waals surface area contributed by atoms with Gasteiger partial charge in [-0.3, -0.25) is 9.79 Å². The molecule has 0 saturated carbocycles. The third-order valence-corrected chi connectivity index (χ3v) is 3.52. The molecule has 0 rings (SSSR count). The Morgan fingerprint density at radius 2 is 1.74 bits per heavy atom. The number of aliphatic imine (C=N–C) groups is 1. The van der Waals surface area contributed by atoms with Crippen molar-refractivity contribution in [2.24, 2.45) is 15.8 Å². The minimum atomic E-state index is -0.540. The third kappa shape index (κ3) is 9.34. The van der Waals surface area contributed by atoms with Gasteiger partial charge in [0.05, 0.1) is 18.1 Å². The summed E-state index contributed by atoms with van der Waals surface area (Å²) in [6.07, 6.45) is 0.0725. The molecular formula is C16H35IN4O2. The molecule has 0 aromatic heterocycles. The van der Waals surface area contributed by atoms with E-state index in [1.165, 1.54) is 0 Å². The average molecular weight is 442 g/mol. The summed E-state index contributed by atoms with van der Waals surface area (Å²) in [5.74, 6) is 0.683. The van der Waals surface area contributed by atoms with Crippen molar-refractivity contribution < 1.29 is 9.53 Å². The van der Waals surface area contributed by atoms with E-state index in [2.05, 4.69) is 41.7 Å². The summed E-state index contributed by atoms with van der Waals surface area (Å²) in [6, 6.07) is 0. The van der Waals surface area contributed by atoms with Crippen LogP contribution in [0.4, 0.5) is 0 Å². The van der Waals surface area contributed by atoms with E-state index in [1.807, 2.05) is 20.8 Å². The summed E-state index contributed by atoms with van der Waals surface area (Å²) >= 11 is 0. The molecular weight excluding hydrogens is 407 g/mol. The summed E-state index contributed by atoms with van der Waals surface area (Å²) in [5, 5.41) is 9.16. The highest BCUT2D eigenvalue weighted by Gasteiger charge is 2.27. The van der Waals surface area contributed by atoms with Crippen LogP contribution in [0.5, 0.6) is 0 Å². The van der Waals surface area contributed by atoms with Gasteiger partial charge in [-0.25, -0.2) is 0 Å². The lowest BCUT2D eigenvalue weighted by Crippen LogP contribution is -2.46. The molecule has 0 fully saturated rings. The van der Waals surface area contributed by atoms with Gasteiger partial charge in [-0.05, 0) is 26.2 Å². The fraction of sp³-hybridized carbons (Fsp3) is 0.875. The van der Waals surface area contributed by atoms with Gasteiger partial charge in [0.25, 0.3) is 0 Å². The zero-order chi connectivity index (χ0) is 17.4. The molecule has 0 aromatic rings. The Hall–Kier alpha value is -0.570. The molecule has 138 valence electrons. The first kappa shape index (κ1) is 24.7. The summed E-state index contributed by atoms with van der Waals surface area (Å²) in [5.41, 5.74) is -0.498. The Bertz CT molecular complexity index is 379. The topological polar surface area (TPSA) is 74.8 Å². The van der Waals surface area contributed by atoms with Crippen LogP contribution in [0.25, 0.3) is 0 Å². The molecule has 0 spiro atoms. The number of nitrogens with zero attached hydrogens (tertiary/aromatic N) is 1. The average Bonchev–Trinajstić information content (AvgIpc) is 2.42. The fourth-order valence-electron chi connectivity index (χ4n) is 1.96. The Labute approximate surface area is 158 Å². The van der Waals surface area contributed by atoms with Gasteiger partial charge in [0.2, 0.25) is 5.91 Å². The minimum Gasteiger partial charge on any atom is -0.379 e. The van der Waals surface area contributed by atoms with E-state index < -0.39 is 5.41 Å². The summed E-state index contributed by atoms with van der Waals surface area (Å²) < 4.78 is 5.53. The highest BCUT2D eigenvalue weighted by molar-refractivity contribution is 14.0. The molecule has 3 N–H and O–H groups in total. The molecule has 0 saturated heterocycles. The normalized spacial score (nSPS) is 13.8. The van der Waals surface area contributed by atoms with Gasteiger partial charge >= 0.3 is 0 Å². The zero-order valence-electron chi connectivity index (χ0n) is 15.9. The van der Waals surface area contributed by atoms with Crippen molar-refractivity contribution in [3.8, 4) is 0 Å². The molecule has 0 aliphatic carbocycles. The number of methoxy groups -OCH3 is 1. The number of halogens is 1. The minimum absolute atomic E-state index is 0. The molecule has 0 aliphatic rings. The number of amides is 1. The number of rotatable bonds is 7. The lowest BCUT2D eigenvalue weighted by Gasteiger charge is -2.30. The summed E-state index contributed by atoms with van der Waals surface area (Å²) in [7, 11) is 3.36. The standard InChI is InChI=1S/C16H34N4O2.HI/c1-9-18-14(19-10-12(22-8)15(2,3)4)20-11-16(5,6)13(21)17-7;/h12H,9-11H2,1-8H3,(H,17,21)(H2,18,19,20);1H. The quantitative estimate of drug-likeness (QED) is 0.320. The van der Waals surface area contributed by atoms with Crippen LogP contribution in [0.3, 0.4) is 0 Å². The summed E-state index contributed by atoms with van der Waals surface area (Å²) in [4.78, 5) is 16.3. The maximum atomic E-state index is 11.8. The second-order valence-electron chi connectivity index (χ2n) is 7.13. The predicted molar refractivity (Wildman–Crippen MR) is 107 cm³/mol. The summed E-state index contributed by atoms with van der Waals surface area (Å²) in [6.45, 7) is 14.0. The Balaban J connectivity index is 0. The first-order chi connectivity index (χ1) is 10.1. The molecule has 1 unspecified atom stereocenters. The van der Waals surface area contributed by atoms with E-state index in [1.54, 1.807) is 14.2 Å². The van der Waals surface area contributed by atoms with E-state index >= 15 is 0 Å². The van der Waals surface area contributed by atoms with Crippen molar-refractivity contribution >= 4 is 35.8 Å². The Kier molecular flexibility index (Phi) is 11.9. The molecule has 0 radical (unpaired) electrons. The predicted octanol–water partition coefficient (Wildman–Crippen LogP) is 1.99. The molecule has 6 nitrogen and oxygen atoms in total. The number of carbonyl (C=O) groups excluding carboxylic acids is 1. The highest BCUT2D eigenvalue weighted by Crippen LogP contribution is 2.21. The first-order valence-corrected chi connectivity index (χ1v) is 7.85. The molecule has 23 heavy (non-hydrogen) atoms. The molecule has 0 aliphatic heterocycles. The van der Waals surface area contributed by atoms with Crippen LogP contribution in [0.15, 0.2) is 4.99 Å². The lowest BCUT2D eigenvalue weighted by atomic mass is 9.89. The first-order valence-electron chi connectivity index (χ1n) is 7.85. The van der Waals surface area contributed by atoms with Crippen molar-refractivity contribution in [3.63, 3.8) is 0 Å². The van der Waals surface area contributed by atoms with Crippen LogP contribution in [0.1, 0.15) is 41.5 Å². The molecule has 0 heterocycles. The van der Waals surface area contributed by atoms with Gasteiger partial charge in [-0.1, -0.05) is 20.8 Å². The van der Waals surface area contributed by atoms with Gasteiger partial charge in [-0.15, -0.1) is 24.0 Å². The SMILES string of the molecule is CCNC(=NCC(C)(C)C(=O)NC)NCC(OC)C(C)(C)C.I. The van der Waals surface area contributed by atoms with Gasteiger partial charge < -0.3 is 20.7 Å². The zero-order valence-corrected chi connectivity index (χ0v) is 18.2. The second-order valence-corrected chi connectivity index (χ2v) is 7.13. The van der Waals surface area contributed by atoms with Crippen LogP contribution in [-0.2, 0) is 9.53 Å². The van der Waals surface area contributed by atoms with E-state index in [0.717, 1.165) is 6.54 Å². The van der Waals surface area contributed by atoms with Crippen LogP contribution in [-0.4, -0.2) is 51.8 Å². The van der Waals surface area contributed by atoms with E-state index in [4.69, 9.17) is 4.74 Å². The van der Waals surface area contributed by atoms with Crippen LogP contribution in [0, 0.1) is 10.8 Å². The molecule has 1 atom stereocenters. The Morgan fingerprint density at radius 3 is 2.13 bits per heavy atom. The van der Waals surface area contributed by atoms with Gasteiger partial charge in [0.15, 0.2) is 5.96 Å². The number of carbonyl (C=O) groups is 1. The van der Waals surface area contributed by atoms with Gasteiger partial charge in [-0.2, -0.15) is 0 Å². The van der Waals surface area contributed by atoms with Crippen LogP contribution >= 0.6 is 24.0 Å². The van der Waals surface area contributed by atoms with Crippen molar-refractivity contribution in [2.45, 2.75) is 47.6 Å². The third-order valence-electron chi connectivity index (χ3n) is 3.52. The highest BCUT2D eigenvalue weighted by atomic mass is 127.